The van der Waals surface area contributed by atoms with E-state index < -0.39 is 5.97 Å². The number of aromatic nitrogens is 2. The van der Waals surface area contributed by atoms with Crippen molar-refractivity contribution in [1.82, 2.24) is 10.1 Å². The van der Waals surface area contributed by atoms with Crippen molar-refractivity contribution in [2.45, 2.75) is 33.1 Å². The van der Waals surface area contributed by atoms with Crippen molar-refractivity contribution in [2.24, 2.45) is 5.92 Å². The van der Waals surface area contributed by atoms with Gasteiger partial charge < -0.3 is 9.63 Å². The standard InChI is InChI=1S/C15H18N2O3/c1-10(8-15(18)19)7-14-16-13(17-20-14)9-12-6-4-3-5-11(12)2/h3-6,10H,7-9H2,1-2H3,(H,18,19). The fraction of sp³-hybridized carbons (Fsp3) is 0.400. The fourth-order valence-electron chi connectivity index (χ4n) is 2.09. The lowest BCUT2D eigenvalue weighted by atomic mass is 10.0. The summed E-state index contributed by atoms with van der Waals surface area (Å²) in [6, 6.07) is 8.07. The average molecular weight is 274 g/mol. The number of carboxylic acids is 1. The van der Waals surface area contributed by atoms with E-state index in [2.05, 4.69) is 10.1 Å². The number of carbonyl (C=O) groups is 1. The van der Waals surface area contributed by atoms with Gasteiger partial charge >= 0.3 is 5.97 Å². The highest BCUT2D eigenvalue weighted by Gasteiger charge is 2.14. The van der Waals surface area contributed by atoms with Crippen molar-refractivity contribution < 1.29 is 14.4 Å². The van der Waals surface area contributed by atoms with Crippen molar-refractivity contribution in [3.63, 3.8) is 0 Å². The summed E-state index contributed by atoms with van der Waals surface area (Å²) in [5.41, 5.74) is 2.36. The number of carboxylic acid groups (broad SMARTS) is 1. The van der Waals surface area contributed by atoms with Gasteiger partial charge in [0.2, 0.25) is 5.89 Å². The van der Waals surface area contributed by atoms with E-state index in [4.69, 9.17) is 9.63 Å². The van der Waals surface area contributed by atoms with E-state index >= 15 is 0 Å². The molecule has 0 aliphatic rings. The van der Waals surface area contributed by atoms with E-state index in [0.29, 0.717) is 24.6 Å². The Bertz CT molecular complexity index is 592. The van der Waals surface area contributed by atoms with Crippen LogP contribution in [0.3, 0.4) is 0 Å². The number of hydrogen-bond donors (Lipinski definition) is 1. The Morgan fingerprint density at radius 2 is 2.15 bits per heavy atom. The molecule has 2 rings (SSSR count). The predicted octanol–water partition coefficient (Wildman–Crippen LogP) is 2.62. The summed E-state index contributed by atoms with van der Waals surface area (Å²) in [6.45, 7) is 3.91. The smallest absolute Gasteiger partial charge is 0.303 e. The summed E-state index contributed by atoms with van der Waals surface area (Å²) < 4.78 is 5.17. The number of benzene rings is 1. The Morgan fingerprint density at radius 3 is 2.85 bits per heavy atom. The minimum Gasteiger partial charge on any atom is -0.481 e. The fourth-order valence-corrected chi connectivity index (χ4v) is 2.09. The van der Waals surface area contributed by atoms with Crippen LogP contribution in [-0.2, 0) is 17.6 Å². The summed E-state index contributed by atoms with van der Waals surface area (Å²) in [5, 5.41) is 12.7. The molecule has 2 aromatic rings. The van der Waals surface area contributed by atoms with Crippen LogP contribution in [0.4, 0.5) is 0 Å². The monoisotopic (exact) mass is 274 g/mol. The first kappa shape index (κ1) is 14.2. The van der Waals surface area contributed by atoms with Crippen LogP contribution in [0, 0.1) is 12.8 Å². The minimum absolute atomic E-state index is 0.0146. The van der Waals surface area contributed by atoms with Crippen LogP contribution in [0.15, 0.2) is 28.8 Å². The molecule has 1 aromatic carbocycles. The highest BCUT2D eigenvalue weighted by Crippen LogP contribution is 2.14. The highest BCUT2D eigenvalue weighted by molar-refractivity contribution is 5.66. The van der Waals surface area contributed by atoms with Crippen LogP contribution in [-0.4, -0.2) is 21.2 Å². The zero-order valence-corrected chi connectivity index (χ0v) is 11.7. The van der Waals surface area contributed by atoms with Gasteiger partial charge in [-0.1, -0.05) is 36.3 Å². The van der Waals surface area contributed by atoms with Crippen LogP contribution >= 0.6 is 0 Å². The van der Waals surface area contributed by atoms with E-state index in [1.54, 1.807) is 0 Å². The Balaban J connectivity index is 1.99. The van der Waals surface area contributed by atoms with E-state index in [1.807, 2.05) is 38.1 Å². The summed E-state index contributed by atoms with van der Waals surface area (Å²) >= 11 is 0. The second-order valence-electron chi connectivity index (χ2n) is 5.11. The SMILES string of the molecule is Cc1ccccc1Cc1noc(CC(C)CC(=O)O)n1. The lowest BCUT2D eigenvalue weighted by molar-refractivity contribution is -0.137. The molecule has 0 saturated carbocycles. The largest absolute Gasteiger partial charge is 0.481 e. The topological polar surface area (TPSA) is 76.2 Å². The molecule has 5 heteroatoms. The number of nitrogens with zero attached hydrogens (tertiary/aromatic N) is 2. The maximum Gasteiger partial charge on any atom is 0.303 e. The van der Waals surface area contributed by atoms with Crippen molar-refractivity contribution in [2.75, 3.05) is 0 Å². The zero-order chi connectivity index (χ0) is 14.5. The zero-order valence-electron chi connectivity index (χ0n) is 11.7. The second kappa shape index (κ2) is 6.32. The molecule has 0 aliphatic carbocycles. The van der Waals surface area contributed by atoms with Gasteiger partial charge in [0.05, 0.1) is 0 Å². The Hall–Kier alpha value is -2.17. The molecular weight excluding hydrogens is 256 g/mol. The molecule has 20 heavy (non-hydrogen) atoms. The molecule has 0 bridgehead atoms. The third kappa shape index (κ3) is 3.91. The molecule has 0 fully saturated rings. The van der Waals surface area contributed by atoms with Gasteiger partial charge in [0.15, 0.2) is 5.82 Å². The Kier molecular flexibility index (Phi) is 4.50. The first-order valence-corrected chi connectivity index (χ1v) is 6.62. The second-order valence-corrected chi connectivity index (χ2v) is 5.11. The predicted molar refractivity (Wildman–Crippen MR) is 73.4 cm³/mol. The summed E-state index contributed by atoms with van der Waals surface area (Å²) in [7, 11) is 0. The van der Waals surface area contributed by atoms with Crippen LogP contribution in [0.5, 0.6) is 0 Å². The summed E-state index contributed by atoms with van der Waals surface area (Å²) in [4.78, 5) is 14.9. The van der Waals surface area contributed by atoms with Gasteiger partial charge in [-0.25, -0.2) is 0 Å². The van der Waals surface area contributed by atoms with Gasteiger partial charge in [0.25, 0.3) is 0 Å². The first-order valence-electron chi connectivity index (χ1n) is 6.62. The first-order chi connectivity index (χ1) is 9.54. The van der Waals surface area contributed by atoms with Crippen molar-refractivity contribution in [1.29, 1.82) is 0 Å². The van der Waals surface area contributed by atoms with Crippen molar-refractivity contribution in [3.8, 4) is 0 Å². The summed E-state index contributed by atoms with van der Waals surface area (Å²) in [6.07, 6.45) is 1.23. The van der Waals surface area contributed by atoms with Crippen molar-refractivity contribution in [3.05, 3.63) is 47.1 Å². The van der Waals surface area contributed by atoms with Gasteiger partial charge in [-0.05, 0) is 24.0 Å². The molecule has 1 N–H and O–H groups in total. The van der Waals surface area contributed by atoms with E-state index in [0.717, 1.165) is 0 Å². The van der Waals surface area contributed by atoms with E-state index in [1.165, 1.54) is 11.1 Å². The quantitative estimate of drug-likeness (QED) is 0.876. The van der Waals surface area contributed by atoms with Gasteiger partial charge in [0.1, 0.15) is 0 Å². The molecule has 1 atom stereocenters. The molecule has 0 spiro atoms. The third-order valence-corrected chi connectivity index (χ3v) is 3.17. The van der Waals surface area contributed by atoms with Crippen LogP contribution in [0.2, 0.25) is 0 Å². The molecule has 0 amide bonds. The van der Waals surface area contributed by atoms with Gasteiger partial charge in [-0.15, -0.1) is 0 Å². The maximum atomic E-state index is 10.6. The number of aryl methyl sites for hydroxylation is 1. The highest BCUT2D eigenvalue weighted by atomic mass is 16.5. The molecule has 106 valence electrons. The van der Waals surface area contributed by atoms with Gasteiger partial charge in [-0.2, -0.15) is 4.98 Å². The molecule has 1 heterocycles. The summed E-state index contributed by atoms with van der Waals surface area (Å²) in [5.74, 6) is 0.315. The Labute approximate surface area is 117 Å². The lowest BCUT2D eigenvalue weighted by Gasteiger charge is -2.03. The van der Waals surface area contributed by atoms with Gasteiger partial charge in [0, 0.05) is 19.3 Å². The molecule has 5 nitrogen and oxygen atoms in total. The molecular formula is C15H18N2O3. The minimum atomic E-state index is -0.808. The normalized spacial score (nSPS) is 12.3. The Morgan fingerprint density at radius 1 is 1.40 bits per heavy atom. The molecule has 1 unspecified atom stereocenters. The maximum absolute atomic E-state index is 10.6. The van der Waals surface area contributed by atoms with Gasteiger partial charge in [-0.3, -0.25) is 4.79 Å². The van der Waals surface area contributed by atoms with Crippen molar-refractivity contribution >= 4 is 5.97 Å². The average Bonchev–Trinajstić information content (AvgIpc) is 2.78. The molecule has 0 radical (unpaired) electrons. The third-order valence-electron chi connectivity index (χ3n) is 3.17. The van der Waals surface area contributed by atoms with E-state index in [9.17, 15) is 4.79 Å². The molecule has 0 aliphatic heterocycles. The van der Waals surface area contributed by atoms with Crippen LogP contribution in [0.25, 0.3) is 0 Å². The van der Waals surface area contributed by atoms with E-state index in [-0.39, 0.29) is 12.3 Å². The molecule has 1 aromatic heterocycles. The number of rotatable bonds is 6. The number of hydrogen-bond acceptors (Lipinski definition) is 4. The number of aliphatic carboxylic acids is 1. The molecule has 0 saturated heterocycles. The van der Waals surface area contributed by atoms with Crippen LogP contribution in [0.1, 0.15) is 36.2 Å². The van der Waals surface area contributed by atoms with Crippen LogP contribution < -0.4 is 0 Å². The lowest BCUT2D eigenvalue weighted by Crippen LogP contribution is -2.07.